The third-order valence-corrected chi connectivity index (χ3v) is 19.4. The number of anilines is 6. The number of hydrogen-bond donors (Lipinski definition) is 0. The third-order valence-electron chi connectivity index (χ3n) is 18.2. The molecule has 5 heteroatoms. The van der Waals surface area contributed by atoms with E-state index in [-0.39, 0.29) is 39.2 Å². The Morgan fingerprint density at radius 3 is 1.39 bits per heavy atom. The molecule has 0 radical (unpaired) electrons. The maximum absolute atomic E-state index is 2.67. The molecule has 13 rings (SSSR count). The standard InChI is InChI=1S/C74H78BN3S/c1-43-37-59-65-60(38-43)77(50-32-25-45(26-33-50)70(5,6)7)67-54-41-48(73(14,15)16)29-36-62(54)79-68(67)75(65)66-61(76(59)49-30-23-44(24-31-49)69(2,3)4)42-58(63-51-21-19-20-22-55(51)74(17,18)64(63)66)78-56-34-27-46(71(8,9)10)39-52(56)53-40-47(72(11,12)13)28-35-57(53)78/h19-42H,1-18H3. The molecular weight excluding hydrogens is 974 g/mol. The van der Waals surface area contributed by atoms with Gasteiger partial charge in [-0.3, -0.25) is 0 Å². The highest BCUT2D eigenvalue weighted by Crippen LogP contribution is 2.57. The van der Waals surface area contributed by atoms with Gasteiger partial charge in [0, 0.05) is 65.1 Å². The first-order chi connectivity index (χ1) is 37.0. The Morgan fingerprint density at radius 1 is 0.430 bits per heavy atom. The van der Waals surface area contributed by atoms with Crippen molar-refractivity contribution in [3.05, 3.63) is 190 Å². The van der Waals surface area contributed by atoms with Gasteiger partial charge in [-0.15, -0.1) is 11.3 Å². The number of nitrogens with zero attached hydrogens (tertiary/aromatic N) is 3. The molecule has 0 unspecified atom stereocenters. The fourth-order valence-corrected chi connectivity index (χ4v) is 15.0. The van der Waals surface area contributed by atoms with Crippen molar-refractivity contribution >= 4 is 99.8 Å². The van der Waals surface area contributed by atoms with Crippen LogP contribution in [0, 0.1) is 6.92 Å². The minimum absolute atomic E-state index is 0.000554. The molecule has 0 bridgehead atoms. The van der Waals surface area contributed by atoms with Crippen molar-refractivity contribution in [2.45, 2.75) is 157 Å². The molecule has 2 aromatic heterocycles. The summed E-state index contributed by atoms with van der Waals surface area (Å²) in [5, 5.41) is 3.93. The van der Waals surface area contributed by atoms with Gasteiger partial charge >= 0.3 is 0 Å². The maximum Gasteiger partial charge on any atom is 0.265 e. The lowest BCUT2D eigenvalue weighted by atomic mass is 9.34. The highest BCUT2D eigenvalue weighted by Gasteiger charge is 2.51. The lowest BCUT2D eigenvalue weighted by Crippen LogP contribution is -2.62. The van der Waals surface area contributed by atoms with Crippen molar-refractivity contribution in [2.24, 2.45) is 0 Å². The molecule has 4 heterocycles. The molecule has 3 nitrogen and oxygen atoms in total. The van der Waals surface area contributed by atoms with E-state index in [1.807, 2.05) is 11.3 Å². The Labute approximate surface area is 475 Å². The van der Waals surface area contributed by atoms with Crippen LogP contribution in [0.15, 0.2) is 146 Å². The number of thiophene rings is 1. The third kappa shape index (κ3) is 7.79. The molecule has 0 spiro atoms. The molecule has 0 amide bonds. The summed E-state index contributed by atoms with van der Waals surface area (Å²) in [5.74, 6) is 0. The van der Waals surface area contributed by atoms with Crippen LogP contribution in [-0.2, 0) is 32.5 Å². The van der Waals surface area contributed by atoms with Crippen LogP contribution in [0.5, 0.6) is 0 Å². The zero-order chi connectivity index (χ0) is 56.0. The average Bonchev–Trinajstić information content (AvgIpc) is 3.80. The highest BCUT2D eigenvalue weighted by molar-refractivity contribution is 7.33. The normalized spacial score (nSPS) is 15.0. The minimum atomic E-state index is -0.357. The monoisotopic (exact) mass is 1050 g/mol. The second-order valence-electron chi connectivity index (χ2n) is 29.2. The van der Waals surface area contributed by atoms with E-state index in [0.717, 1.165) is 0 Å². The van der Waals surface area contributed by atoms with Crippen LogP contribution in [0.4, 0.5) is 34.1 Å². The number of benzene rings is 8. The number of fused-ring (bicyclic) bond motifs is 13. The lowest BCUT2D eigenvalue weighted by molar-refractivity contribution is 0.590. The maximum atomic E-state index is 2.67. The summed E-state index contributed by atoms with van der Waals surface area (Å²) in [7, 11) is 0. The van der Waals surface area contributed by atoms with E-state index in [4.69, 9.17) is 0 Å². The van der Waals surface area contributed by atoms with Gasteiger partial charge in [-0.1, -0.05) is 184 Å². The molecule has 2 aliphatic heterocycles. The summed E-state index contributed by atoms with van der Waals surface area (Å²) in [4.78, 5) is 5.33. The molecule has 10 aromatic rings. The van der Waals surface area contributed by atoms with Gasteiger partial charge in [-0.25, -0.2) is 0 Å². The first-order valence-electron chi connectivity index (χ1n) is 29.0. The predicted octanol–water partition coefficient (Wildman–Crippen LogP) is 19.2. The first kappa shape index (κ1) is 51.6. The highest BCUT2D eigenvalue weighted by atomic mass is 32.1. The Bertz CT molecular complexity index is 4110. The van der Waals surface area contributed by atoms with Crippen LogP contribution < -0.4 is 25.5 Å². The van der Waals surface area contributed by atoms with E-state index < -0.39 is 0 Å². The summed E-state index contributed by atoms with van der Waals surface area (Å²) in [5.41, 5.74) is 27.0. The van der Waals surface area contributed by atoms with Gasteiger partial charge < -0.3 is 14.4 Å². The van der Waals surface area contributed by atoms with Gasteiger partial charge in [0.1, 0.15) is 0 Å². The fraction of sp³-hybridized carbons (Fsp3) is 0.324. The molecular formula is C74H78BN3S. The molecule has 0 atom stereocenters. The number of hydrogen-bond acceptors (Lipinski definition) is 3. The summed E-state index contributed by atoms with van der Waals surface area (Å²) in [6.45, 7) is 42.3. The topological polar surface area (TPSA) is 11.4 Å². The molecule has 1 aliphatic carbocycles. The van der Waals surface area contributed by atoms with Gasteiger partial charge in [0.05, 0.1) is 22.4 Å². The van der Waals surface area contributed by atoms with Crippen molar-refractivity contribution in [1.29, 1.82) is 0 Å². The summed E-state index contributed by atoms with van der Waals surface area (Å²) in [6.07, 6.45) is 0. The smallest absolute Gasteiger partial charge is 0.265 e. The minimum Gasteiger partial charge on any atom is -0.311 e. The first-order valence-corrected chi connectivity index (χ1v) is 29.8. The quantitative estimate of drug-likeness (QED) is 0.163. The number of rotatable bonds is 3. The predicted molar refractivity (Wildman–Crippen MR) is 346 cm³/mol. The van der Waals surface area contributed by atoms with Crippen molar-refractivity contribution in [1.82, 2.24) is 4.57 Å². The SMILES string of the molecule is Cc1cc2c3c(c1)N(c1ccc(C(C)(C)C)cc1)c1c(sc4ccc(C(C)(C)C)cc14)B3c1c(cc(-n3c4ccc(C(C)(C)C)cc4c4cc(C(C)(C)C)ccc43)c3c1C(C)(C)c1ccccc1-3)N2c1ccc(C(C)(C)C)cc1. The molecule has 0 saturated carbocycles. The average molecular weight is 1050 g/mol. The summed E-state index contributed by atoms with van der Waals surface area (Å²) in [6, 6.07) is 58.0. The van der Waals surface area contributed by atoms with Gasteiger partial charge in [0.2, 0.25) is 0 Å². The van der Waals surface area contributed by atoms with Crippen LogP contribution >= 0.6 is 11.3 Å². The van der Waals surface area contributed by atoms with Crippen LogP contribution in [0.25, 0.3) is 48.7 Å². The summed E-state index contributed by atoms with van der Waals surface area (Å²) >= 11 is 2.01. The van der Waals surface area contributed by atoms with E-state index in [1.165, 1.54) is 143 Å². The Morgan fingerprint density at radius 2 is 0.873 bits per heavy atom. The molecule has 0 fully saturated rings. The Hall–Kier alpha value is -6.82. The second kappa shape index (κ2) is 16.9. The van der Waals surface area contributed by atoms with E-state index >= 15 is 0 Å². The van der Waals surface area contributed by atoms with Crippen LogP contribution in [-0.4, -0.2) is 11.3 Å². The van der Waals surface area contributed by atoms with Gasteiger partial charge in [0.15, 0.2) is 0 Å². The molecule has 0 N–H and O–H groups in total. The number of aryl methyl sites for hydroxylation is 1. The fourth-order valence-electron chi connectivity index (χ4n) is 13.7. The van der Waals surface area contributed by atoms with E-state index in [2.05, 4.69) is 285 Å². The lowest BCUT2D eigenvalue weighted by Gasteiger charge is -2.45. The van der Waals surface area contributed by atoms with Crippen LogP contribution in [0.3, 0.4) is 0 Å². The van der Waals surface area contributed by atoms with Crippen molar-refractivity contribution < 1.29 is 0 Å². The zero-order valence-electron chi connectivity index (χ0n) is 50.2. The molecule has 398 valence electrons. The van der Waals surface area contributed by atoms with E-state index in [9.17, 15) is 0 Å². The van der Waals surface area contributed by atoms with Gasteiger partial charge in [-0.2, -0.15) is 0 Å². The molecule has 3 aliphatic rings. The zero-order valence-corrected chi connectivity index (χ0v) is 51.0. The van der Waals surface area contributed by atoms with Crippen LogP contribution in [0.2, 0.25) is 0 Å². The van der Waals surface area contributed by atoms with Gasteiger partial charge in [0.25, 0.3) is 6.71 Å². The Balaban J connectivity index is 1.21. The van der Waals surface area contributed by atoms with Gasteiger partial charge in [-0.05, 0) is 174 Å². The molecule has 8 aromatic carbocycles. The Kier molecular flexibility index (Phi) is 11.0. The summed E-state index contributed by atoms with van der Waals surface area (Å²) < 4.78 is 5.39. The molecule has 79 heavy (non-hydrogen) atoms. The largest absolute Gasteiger partial charge is 0.311 e. The molecule has 0 saturated heterocycles. The van der Waals surface area contributed by atoms with Crippen molar-refractivity contribution in [2.75, 3.05) is 9.80 Å². The number of aromatic nitrogens is 1. The van der Waals surface area contributed by atoms with Crippen molar-refractivity contribution in [3.63, 3.8) is 0 Å². The van der Waals surface area contributed by atoms with E-state index in [1.54, 1.807) is 0 Å². The van der Waals surface area contributed by atoms with Crippen LogP contribution in [0.1, 0.15) is 162 Å². The van der Waals surface area contributed by atoms with E-state index in [0.29, 0.717) is 0 Å². The second-order valence-corrected chi connectivity index (χ2v) is 30.3. The van der Waals surface area contributed by atoms with Crippen molar-refractivity contribution in [3.8, 4) is 16.8 Å².